The van der Waals surface area contributed by atoms with Crippen LogP contribution in [0.5, 0.6) is 0 Å². The monoisotopic (exact) mass is 507 g/mol. The number of anilines is 1. The number of carbonyl (C=O) groups is 1. The van der Waals surface area contributed by atoms with E-state index in [4.69, 9.17) is 0 Å². The van der Waals surface area contributed by atoms with E-state index in [1.807, 2.05) is 52.0 Å². The van der Waals surface area contributed by atoms with Gasteiger partial charge in [-0.2, -0.15) is 5.10 Å². The Hall–Kier alpha value is -3.34. The van der Waals surface area contributed by atoms with Gasteiger partial charge in [0.15, 0.2) is 5.82 Å². The lowest BCUT2D eigenvalue weighted by Gasteiger charge is -2.33. The minimum absolute atomic E-state index is 0.00539. The molecule has 2 aliphatic rings. The lowest BCUT2D eigenvalue weighted by Crippen LogP contribution is -2.46. The van der Waals surface area contributed by atoms with E-state index in [1.165, 1.54) is 6.33 Å². The molecule has 0 aliphatic carbocycles. The third-order valence-electron chi connectivity index (χ3n) is 7.26. The van der Waals surface area contributed by atoms with Gasteiger partial charge in [0, 0.05) is 64.6 Å². The molecule has 0 bridgehead atoms. The van der Waals surface area contributed by atoms with Gasteiger partial charge in [-0.15, -0.1) is 0 Å². The number of amides is 1. The number of hydrogen-bond acceptors (Lipinski definition) is 7. The van der Waals surface area contributed by atoms with Crippen molar-refractivity contribution in [3.05, 3.63) is 71.7 Å². The minimum Gasteiger partial charge on any atom is -0.394 e. The highest BCUT2D eigenvalue weighted by atomic mass is 19.1. The van der Waals surface area contributed by atoms with Crippen LogP contribution in [0.1, 0.15) is 22.7 Å². The maximum atomic E-state index is 12.9. The highest BCUT2D eigenvalue weighted by Crippen LogP contribution is 2.30. The van der Waals surface area contributed by atoms with Crippen LogP contribution in [0.3, 0.4) is 0 Å². The number of carbonyl (C=O) groups excluding carboxylic acids is 1. The summed E-state index contributed by atoms with van der Waals surface area (Å²) < 4.78 is 14.3. The molecule has 2 aromatic heterocycles. The van der Waals surface area contributed by atoms with Crippen LogP contribution in [0.15, 0.2) is 55.0 Å². The average Bonchev–Trinajstić information content (AvgIpc) is 3.32. The summed E-state index contributed by atoms with van der Waals surface area (Å²) in [5, 5.41) is 17.8. The number of rotatable bonds is 9. The van der Waals surface area contributed by atoms with Crippen molar-refractivity contribution in [2.75, 3.05) is 64.4 Å². The van der Waals surface area contributed by atoms with Crippen molar-refractivity contribution in [2.45, 2.75) is 19.0 Å². The predicted octanol–water partition coefficient (Wildman–Crippen LogP) is 1.90. The molecule has 5 rings (SSSR count). The maximum absolute atomic E-state index is 12.9. The van der Waals surface area contributed by atoms with Gasteiger partial charge < -0.3 is 15.3 Å². The van der Waals surface area contributed by atoms with Crippen molar-refractivity contribution in [3.8, 4) is 0 Å². The van der Waals surface area contributed by atoms with E-state index < -0.39 is 0 Å². The number of halogens is 1. The van der Waals surface area contributed by atoms with E-state index in [1.54, 1.807) is 6.08 Å². The molecular formula is C27H34FN7O2. The smallest absolute Gasteiger partial charge is 0.246 e. The molecule has 2 aliphatic heterocycles. The highest BCUT2D eigenvalue weighted by Gasteiger charge is 2.25. The second-order valence-electron chi connectivity index (χ2n) is 9.57. The first-order valence-electron chi connectivity index (χ1n) is 12.9. The van der Waals surface area contributed by atoms with E-state index in [0.717, 1.165) is 54.9 Å². The van der Waals surface area contributed by atoms with Gasteiger partial charge in [-0.3, -0.25) is 14.6 Å². The normalized spacial score (nSPS) is 17.8. The summed E-state index contributed by atoms with van der Waals surface area (Å²) in [5.41, 5.74) is 4.06. The Balaban J connectivity index is 1.23. The maximum Gasteiger partial charge on any atom is 0.246 e. The predicted molar refractivity (Wildman–Crippen MR) is 140 cm³/mol. The fourth-order valence-electron chi connectivity index (χ4n) is 5.17. The van der Waals surface area contributed by atoms with E-state index in [-0.39, 0.29) is 25.2 Å². The fourth-order valence-corrected chi connectivity index (χ4v) is 5.17. The van der Waals surface area contributed by atoms with Gasteiger partial charge in [0.2, 0.25) is 5.91 Å². The first kappa shape index (κ1) is 25.3. The highest BCUT2D eigenvalue weighted by molar-refractivity contribution is 5.88. The van der Waals surface area contributed by atoms with Crippen molar-refractivity contribution in [1.82, 2.24) is 29.3 Å². The molecule has 1 fully saturated rings. The van der Waals surface area contributed by atoms with E-state index in [2.05, 4.69) is 25.2 Å². The van der Waals surface area contributed by atoms with Crippen molar-refractivity contribution in [1.29, 1.82) is 0 Å². The Morgan fingerprint density at radius 1 is 1.14 bits per heavy atom. The molecular weight excluding hydrogens is 473 g/mol. The Morgan fingerprint density at radius 3 is 2.68 bits per heavy atom. The van der Waals surface area contributed by atoms with E-state index in [0.29, 0.717) is 31.9 Å². The van der Waals surface area contributed by atoms with Crippen molar-refractivity contribution < 1.29 is 14.3 Å². The van der Waals surface area contributed by atoms with Crippen LogP contribution in [0.25, 0.3) is 5.52 Å². The summed E-state index contributed by atoms with van der Waals surface area (Å²) in [7, 11) is 0. The second-order valence-corrected chi connectivity index (χ2v) is 9.57. The van der Waals surface area contributed by atoms with Gasteiger partial charge in [0.25, 0.3) is 0 Å². The standard InChI is InChI=1S/C27H34FN7O2/c28-9-12-33-15-13-32(14-16-33)10-4-7-25(37)34-11-8-23-22(17-34)18-35-26(23)27(29-20-30-35)31-24(19-36)21-5-2-1-3-6-21/h1-7,18,20,24,36H,8-17,19H2,(H,29,30,31)/b7-4+/t24-/m1/s1. The van der Waals surface area contributed by atoms with Crippen LogP contribution in [0, 0.1) is 0 Å². The summed E-state index contributed by atoms with van der Waals surface area (Å²) in [6, 6.07) is 9.51. The third kappa shape index (κ3) is 5.82. The van der Waals surface area contributed by atoms with Gasteiger partial charge in [0.1, 0.15) is 18.5 Å². The van der Waals surface area contributed by atoms with Crippen molar-refractivity contribution in [2.24, 2.45) is 0 Å². The SMILES string of the molecule is O=C(/C=C/CN1CCN(CCF)CC1)N1CCc2c(cn3ncnc(N[C@H](CO)c4ccccc4)c23)C1. The van der Waals surface area contributed by atoms with Crippen LogP contribution in [-0.2, 0) is 17.8 Å². The molecule has 0 unspecified atom stereocenters. The number of hydrogen-bond donors (Lipinski definition) is 2. The number of aliphatic hydroxyl groups excluding tert-OH is 1. The lowest BCUT2D eigenvalue weighted by atomic mass is 10.0. The number of fused-ring (bicyclic) bond motifs is 3. The number of alkyl halides is 1. The molecule has 10 heteroatoms. The third-order valence-corrected chi connectivity index (χ3v) is 7.26. The number of piperazine rings is 1. The van der Waals surface area contributed by atoms with Crippen molar-refractivity contribution >= 4 is 17.2 Å². The minimum atomic E-state index is -0.301. The summed E-state index contributed by atoms with van der Waals surface area (Å²) in [6.45, 7) is 5.52. The van der Waals surface area contributed by atoms with Crippen LogP contribution < -0.4 is 5.32 Å². The molecule has 1 saturated heterocycles. The number of nitrogens with zero attached hydrogens (tertiary/aromatic N) is 6. The van der Waals surface area contributed by atoms with Crippen LogP contribution in [0.2, 0.25) is 0 Å². The zero-order valence-electron chi connectivity index (χ0n) is 21.0. The molecule has 37 heavy (non-hydrogen) atoms. The summed E-state index contributed by atoms with van der Waals surface area (Å²) in [4.78, 5) is 23.7. The quantitative estimate of drug-likeness (QED) is 0.428. The number of aromatic nitrogens is 3. The summed E-state index contributed by atoms with van der Waals surface area (Å²) >= 11 is 0. The van der Waals surface area contributed by atoms with Gasteiger partial charge >= 0.3 is 0 Å². The van der Waals surface area contributed by atoms with Crippen LogP contribution in [-0.4, -0.2) is 99.4 Å². The molecule has 3 aromatic rings. The molecule has 0 radical (unpaired) electrons. The molecule has 1 amide bonds. The molecule has 196 valence electrons. The van der Waals surface area contributed by atoms with Crippen LogP contribution >= 0.6 is 0 Å². The molecule has 2 N–H and O–H groups in total. The van der Waals surface area contributed by atoms with Gasteiger partial charge in [-0.05, 0) is 23.1 Å². The van der Waals surface area contributed by atoms with Gasteiger partial charge in [0.05, 0.1) is 12.6 Å². The Morgan fingerprint density at radius 2 is 1.92 bits per heavy atom. The molecule has 4 heterocycles. The molecule has 1 aromatic carbocycles. The molecule has 0 saturated carbocycles. The van der Waals surface area contributed by atoms with E-state index in [9.17, 15) is 14.3 Å². The molecule has 1 atom stereocenters. The van der Waals surface area contributed by atoms with Crippen LogP contribution in [0.4, 0.5) is 10.2 Å². The average molecular weight is 508 g/mol. The molecule has 9 nitrogen and oxygen atoms in total. The lowest BCUT2D eigenvalue weighted by molar-refractivity contribution is -0.126. The zero-order chi connectivity index (χ0) is 25.6. The van der Waals surface area contributed by atoms with Gasteiger partial charge in [-0.1, -0.05) is 36.4 Å². The fraction of sp³-hybridized carbons (Fsp3) is 0.444. The van der Waals surface area contributed by atoms with Crippen molar-refractivity contribution in [3.63, 3.8) is 0 Å². The Bertz CT molecular complexity index is 1220. The Labute approximate surface area is 216 Å². The largest absolute Gasteiger partial charge is 0.394 e. The zero-order valence-corrected chi connectivity index (χ0v) is 21.0. The first-order valence-corrected chi connectivity index (χ1v) is 12.9. The molecule has 0 spiro atoms. The number of nitrogens with one attached hydrogen (secondary N) is 1. The summed E-state index contributed by atoms with van der Waals surface area (Å²) in [6.07, 6.45) is 7.79. The summed E-state index contributed by atoms with van der Waals surface area (Å²) in [5.74, 6) is 0.677. The van der Waals surface area contributed by atoms with E-state index >= 15 is 0 Å². The topological polar surface area (TPSA) is 89.2 Å². The Kier molecular flexibility index (Phi) is 8.08. The first-order chi connectivity index (χ1) is 18.2. The van der Waals surface area contributed by atoms with Gasteiger partial charge in [-0.25, -0.2) is 13.9 Å². The second kappa shape index (κ2) is 11.8. The number of benzene rings is 1. The number of aliphatic hydroxyl groups is 1.